The van der Waals surface area contributed by atoms with Crippen LogP contribution >= 0.6 is 0 Å². The summed E-state index contributed by atoms with van der Waals surface area (Å²) in [7, 11) is 0. The summed E-state index contributed by atoms with van der Waals surface area (Å²) in [4.78, 5) is 29.9. The number of hydrogen-bond acceptors (Lipinski definition) is 5. The van der Waals surface area contributed by atoms with Crippen LogP contribution < -0.4 is 0 Å². The Morgan fingerprint density at radius 1 is 1.18 bits per heavy atom. The lowest BCUT2D eigenvalue weighted by atomic mass is 9.76. The van der Waals surface area contributed by atoms with Crippen LogP contribution in [-0.2, 0) is 9.53 Å². The zero-order valence-corrected chi connectivity index (χ0v) is 16.0. The Bertz CT molecular complexity index is 894. The summed E-state index contributed by atoms with van der Waals surface area (Å²) in [5, 5.41) is 4.27. The normalized spacial score (nSPS) is 24.9. The topological polar surface area (TPSA) is 67.2 Å². The molecule has 0 saturated carbocycles. The van der Waals surface area contributed by atoms with E-state index < -0.39 is 5.41 Å². The molecule has 1 amide bonds. The maximum absolute atomic E-state index is 13.0. The van der Waals surface area contributed by atoms with Gasteiger partial charge in [0.15, 0.2) is 0 Å². The molecular weight excluding hydrogens is 356 g/mol. The number of nitrogens with zero attached hydrogens (tertiary/aromatic N) is 4. The number of cyclic esters (lactones) is 1. The summed E-state index contributed by atoms with van der Waals surface area (Å²) in [5.74, 6) is -0.0594. The molecule has 7 nitrogen and oxygen atoms in total. The van der Waals surface area contributed by atoms with E-state index in [1.807, 2.05) is 29.3 Å². The van der Waals surface area contributed by atoms with Gasteiger partial charge in [-0.05, 0) is 50.9 Å². The van der Waals surface area contributed by atoms with Gasteiger partial charge in [-0.2, -0.15) is 5.10 Å². The number of amides is 1. The van der Waals surface area contributed by atoms with E-state index in [4.69, 9.17) is 4.74 Å². The zero-order chi connectivity index (χ0) is 19.1. The van der Waals surface area contributed by atoms with Gasteiger partial charge in [0.2, 0.25) is 0 Å². The standard InChI is InChI=1S/C21H26N4O3/c26-19(17-14-22-25-10-2-1-5-18(17)25)24-11-6-21(7-12-24)13-16(28-20(21)27)15-23-8-3-4-9-23/h1-2,5,10,14,16H,3-4,6-9,11-13,15H2. The maximum atomic E-state index is 13.0. The van der Waals surface area contributed by atoms with Crippen molar-refractivity contribution in [3.63, 3.8) is 0 Å². The first kappa shape index (κ1) is 17.7. The highest BCUT2D eigenvalue weighted by Gasteiger charge is 2.51. The molecule has 3 aliphatic rings. The smallest absolute Gasteiger partial charge is 0.312 e. The average Bonchev–Trinajstić information content (AvgIpc) is 3.43. The Balaban J connectivity index is 1.24. The van der Waals surface area contributed by atoms with Gasteiger partial charge in [-0.3, -0.25) is 14.5 Å². The van der Waals surface area contributed by atoms with Gasteiger partial charge in [0, 0.05) is 32.3 Å². The van der Waals surface area contributed by atoms with Crippen molar-refractivity contribution in [2.45, 2.75) is 38.2 Å². The first-order valence-corrected chi connectivity index (χ1v) is 10.3. The Morgan fingerprint density at radius 3 is 2.75 bits per heavy atom. The van der Waals surface area contributed by atoms with Crippen LogP contribution in [0, 0.1) is 5.41 Å². The number of esters is 1. The summed E-state index contributed by atoms with van der Waals surface area (Å²) in [6.45, 7) is 4.27. The fourth-order valence-electron chi connectivity index (χ4n) is 5.01. The first-order valence-electron chi connectivity index (χ1n) is 10.3. The fourth-order valence-corrected chi connectivity index (χ4v) is 5.01. The van der Waals surface area contributed by atoms with Gasteiger partial charge in [-0.25, -0.2) is 4.52 Å². The van der Waals surface area contributed by atoms with E-state index in [1.54, 1.807) is 10.7 Å². The second-order valence-electron chi connectivity index (χ2n) is 8.40. The van der Waals surface area contributed by atoms with Crippen LogP contribution in [0.3, 0.4) is 0 Å². The molecule has 5 heterocycles. The summed E-state index contributed by atoms with van der Waals surface area (Å²) in [6.07, 6.45) is 8.14. The van der Waals surface area contributed by atoms with E-state index in [2.05, 4.69) is 10.00 Å². The minimum Gasteiger partial charge on any atom is -0.461 e. The predicted molar refractivity (Wildman–Crippen MR) is 103 cm³/mol. The molecule has 0 aliphatic carbocycles. The number of hydrogen-bond donors (Lipinski definition) is 0. The van der Waals surface area contributed by atoms with Crippen LogP contribution in [0.1, 0.15) is 42.5 Å². The molecule has 3 saturated heterocycles. The number of aromatic nitrogens is 2. The van der Waals surface area contributed by atoms with Gasteiger partial charge >= 0.3 is 5.97 Å². The van der Waals surface area contributed by atoms with Crippen molar-refractivity contribution in [1.29, 1.82) is 0 Å². The molecule has 2 aromatic rings. The highest BCUT2D eigenvalue weighted by molar-refractivity contribution is 6.00. The Morgan fingerprint density at radius 2 is 1.96 bits per heavy atom. The van der Waals surface area contributed by atoms with E-state index in [1.165, 1.54) is 12.8 Å². The fraction of sp³-hybridized carbons (Fsp3) is 0.571. The highest BCUT2D eigenvalue weighted by atomic mass is 16.6. The van der Waals surface area contributed by atoms with E-state index in [9.17, 15) is 9.59 Å². The minimum atomic E-state index is -0.401. The highest BCUT2D eigenvalue weighted by Crippen LogP contribution is 2.43. The molecule has 0 N–H and O–H groups in total. The molecule has 3 aliphatic heterocycles. The van der Waals surface area contributed by atoms with Crippen LogP contribution in [0.2, 0.25) is 0 Å². The molecule has 2 aromatic heterocycles. The lowest BCUT2D eigenvalue weighted by Crippen LogP contribution is -2.45. The third-order valence-corrected chi connectivity index (χ3v) is 6.65. The third-order valence-electron chi connectivity index (χ3n) is 6.65. The van der Waals surface area contributed by atoms with E-state index in [0.29, 0.717) is 31.5 Å². The van der Waals surface area contributed by atoms with Gasteiger partial charge in [0.1, 0.15) is 6.10 Å². The summed E-state index contributed by atoms with van der Waals surface area (Å²) in [6, 6.07) is 5.71. The van der Waals surface area contributed by atoms with Crippen LogP contribution in [0.15, 0.2) is 30.6 Å². The largest absolute Gasteiger partial charge is 0.461 e. The third kappa shape index (κ3) is 2.98. The van der Waals surface area contributed by atoms with Gasteiger partial charge in [-0.15, -0.1) is 0 Å². The molecule has 148 valence electrons. The van der Waals surface area contributed by atoms with Gasteiger partial charge in [-0.1, -0.05) is 6.07 Å². The zero-order valence-electron chi connectivity index (χ0n) is 16.0. The van der Waals surface area contributed by atoms with Gasteiger partial charge in [0.25, 0.3) is 5.91 Å². The molecule has 0 radical (unpaired) electrons. The summed E-state index contributed by atoms with van der Waals surface area (Å²) >= 11 is 0. The molecule has 7 heteroatoms. The summed E-state index contributed by atoms with van der Waals surface area (Å²) < 4.78 is 7.46. The van der Waals surface area contributed by atoms with Crippen molar-refractivity contribution in [1.82, 2.24) is 19.4 Å². The van der Waals surface area contributed by atoms with Crippen LogP contribution in [0.5, 0.6) is 0 Å². The number of piperidine rings is 1. The number of ether oxygens (including phenoxy) is 1. The Labute approximate surface area is 164 Å². The van der Waals surface area contributed by atoms with Crippen LogP contribution in [-0.4, -0.2) is 70.1 Å². The average molecular weight is 382 g/mol. The molecular formula is C21H26N4O3. The van der Waals surface area contributed by atoms with Crippen LogP contribution in [0.25, 0.3) is 5.52 Å². The molecule has 0 aromatic carbocycles. The number of likely N-dealkylation sites (tertiary alicyclic amines) is 2. The Kier molecular flexibility index (Phi) is 4.34. The van der Waals surface area contributed by atoms with Crippen LogP contribution in [0.4, 0.5) is 0 Å². The van der Waals surface area contributed by atoms with E-state index >= 15 is 0 Å². The monoisotopic (exact) mass is 382 g/mol. The molecule has 1 unspecified atom stereocenters. The van der Waals surface area contributed by atoms with Crippen molar-refractivity contribution in [3.8, 4) is 0 Å². The number of rotatable bonds is 3. The van der Waals surface area contributed by atoms with Crippen molar-refractivity contribution in [2.24, 2.45) is 5.41 Å². The minimum absolute atomic E-state index is 0.00367. The molecule has 28 heavy (non-hydrogen) atoms. The molecule has 5 rings (SSSR count). The number of pyridine rings is 1. The van der Waals surface area contributed by atoms with Crippen molar-refractivity contribution >= 4 is 17.4 Å². The molecule has 0 bridgehead atoms. The van der Waals surface area contributed by atoms with Crippen molar-refractivity contribution < 1.29 is 14.3 Å². The van der Waals surface area contributed by atoms with Gasteiger partial charge in [0.05, 0.1) is 22.7 Å². The van der Waals surface area contributed by atoms with Crippen molar-refractivity contribution in [3.05, 3.63) is 36.2 Å². The number of carbonyl (C=O) groups is 2. The van der Waals surface area contributed by atoms with Crippen molar-refractivity contribution in [2.75, 3.05) is 32.7 Å². The first-order chi connectivity index (χ1) is 13.6. The van der Waals surface area contributed by atoms with Gasteiger partial charge < -0.3 is 9.64 Å². The van der Waals surface area contributed by atoms with E-state index in [0.717, 1.165) is 31.6 Å². The SMILES string of the molecule is O=C(c1cnn2ccccc12)N1CCC2(CC1)CC(CN1CCCC1)OC2=O. The lowest BCUT2D eigenvalue weighted by Gasteiger charge is -2.36. The molecule has 1 spiro atoms. The molecule has 3 fully saturated rings. The number of carbonyl (C=O) groups excluding carboxylic acids is 2. The number of fused-ring (bicyclic) bond motifs is 1. The second kappa shape index (κ2) is 6.88. The quantitative estimate of drug-likeness (QED) is 0.760. The van der Waals surface area contributed by atoms with E-state index in [-0.39, 0.29) is 18.0 Å². The lowest BCUT2D eigenvalue weighted by molar-refractivity contribution is -0.150. The Hall–Kier alpha value is -2.41. The maximum Gasteiger partial charge on any atom is 0.312 e. The second-order valence-corrected chi connectivity index (χ2v) is 8.40. The predicted octanol–water partition coefficient (Wildman–Crippen LogP) is 1.97. The molecule has 1 atom stereocenters. The summed E-state index contributed by atoms with van der Waals surface area (Å²) in [5.41, 5.74) is 1.04.